The van der Waals surface area contributed by atoms with E-state index in [9.17, 15) is 5.11 Å². The third-order valence-corrected chi connectivity index (χ3v) is 6.16. The largest absolute Gasteiger partial charge is 0.388 e. The van der Waals surface area contributed by atoms with Gasteiger partial charge in [0.25, 0.3) is 0 Å². The number of hydrogen-bond acceptors (Lipinski definition) is 7. The van der Waals surface area contributed by atoms with Crippen LogP contribution in [0, 0.1) is 0 Å². The number of rotatable bonds is 6. The summed E-state index contributed by atoms with van der Waals surface area (Å²) >= 11 is 0. The first-order valence-electron chi connectivity index (χ1n) is 8.77. The van der Waals surface area contributed by atoms with E-state index in [1.807, 2.05) is 6.92 Å². The maximum atomic E-state index is 10.7. The molecule has 1 aliphatic rings. The lowest BCUT2D eigenvalue weighted by Gasteiger charge is -2.20. The molecule has 0 bridgehead atoms. The normalized spacial score (nSPS) is 26.7. The molecule has 1 saturated heterocycles. The summed E-state index contributed by atoms with van der Waals surface area (Å²) in [6.07, 6.45) is 6.14. The second-order valence-corrected chi connectivity index (χ2v) is 11.7. The van der Waals surface area contributed by atoms with E-state index < -0.39 is 25.3 Å². The minimum Gasteiger partial charge on any atom is -0.388 e. The Morgan fingerprint density at radius 2 is 2.15 bits per heavy atom. The predicted molar refractivity (Wildman–Crippen MR) is 105 cm³/mol. The average molecular weight is 381 g/mol. The lowest BCUT2D eigenvalue weighted by molar-refractivity contribution is -0.0496. The molecule has 3 rings (SSSR count). The van der Waals surface area contributed by atoms with Crippen molar-refractivity contribution in [2.45, 2.75) is 44.3 Å². The van der Waals surface area contributed by atoms with Gasteiger partial charge in [-0.25, -0.2) is 15.0 Å². The van der Waals surface area contributed by atoms with E-state index in [0.717, 1.165) is 12.6 Å². The molecule has 1 fully saturated rings. The molecular formula is C17H28N5O3P. The highest BCUT2D eigenvalue weighted by Crippen LogP contribution is 2.40. The molecule has 26 heavy (non-hydrogen) atoms. The molecule has 0 aromatic carbocycles. The van der Waals surface area contributed by atoms with Crippen LogP contribution in [0.2, 0.25) is 0 Å². The second-order valence-electron chi connectivity index (χ2n) is 7.41. The van der Waals surface area contributed by atoms with Crippen LogP contribution in [0.1, 0.15) is 25.4 Å². The molecule has 0 saturated carbocycles. The van der Waals surface area contributed by atoms with Crippen LogP contribution in [0.3, 0.4) is 0 Å². The summed E-state index contributed by atoms with van der Waals surface area (Å²) in [6, 6.07) is 0. The first-order valence-corrected chi connectivity index (χ1v) is 11.8. The van der Waals surface area contributed by atoms with Crippen LogP contribution in [-0.4, -0.2) is 75.8 Å². The molecule has 1 unspecified atom stereocenters. The Morgan fingerprint density at radius 1 is 1.42 bits per heavy atom. The Kier molecular flexibility index (Phi) is 5.40. The fourth-order valence-corrected chi connectivity index (χ4v) is 4.20. The zero-order valence-electron chi connectivity index (χ0n) is 15.8. The van der Waals surface area contributed by atoms with Crippen LogP contribution < -0.4 is 5.73 Å². The average Bonchev–Trinajstić information content (AvgIpc) is 3.13. The van der Waals surface area contributed by atoms with E-state index in [-0.39, 0.29) is 6.10 Å². The van der Waals surface area contributed by atoms with Crippen molar-refractivity contribution in [1.82, 2.24) is 19.5 Å². The van der Waals surface area contributed by atoms with E-state index in [1.165, 1.54) is 0 Å². The molecule has 8 nitrogen and oxygen atoms in total. The number of aliphatic hydroxyl groups is 1. The molecule has 4 atom stereocenters. The number of nitrogens with two attached hydrogens (primary N) is 1. The van der Waals surface area contributed by atoms with Crippen molar-refractivity contribution in [2.75, 3.05) is 32.3 Å². The van der Waals surface area contributed by atoms with E-state index in [4.69, 9.17) is 15.2 Å². The maximum Gasteiger partial charge on any atom is 0.167 e. The van der Waals surface area contributed by atoms with E-state index in [1.54, 1.807) is 18.0 Å². The van der Waals surface area contributed by atoms with Gasteiger partial charge in [0.05, 0.1) is 12.4 Å². The third-order valence-electron chi connectivity index (χ3n) is 4.69. The van der Waals surface area contributed by atoms with Crippen LogP contribution in [0.15, 0.2) is 6.33 Å². The molecule has 144 valence electrons. The summed E-state index contributed by atoms with van der Waals surface area (Å²) in [4.78, 5) is 13.1. The highest BCUT2D eigenvalue weighted by molar-refractivity contribution is 7.72. The van der Waals surface area contributed by atoms with Gasteiger partial charge < -0.3 is 20.3 Å². The van der Waals surface area contributed by atoms with Crippen molar-refractivity contribution in [3.8, 4) is 0 Å². The number of fused-ring (bicyclic) bond motifs is 1. The summed E-state index contributed by atoms with van der Waals surface area (Å²) in [6.45, 7) is 5.12. The molecule has 0 amide bonds. The first kappa shape index (κ1) is 19.3. The van der Waals surface area contributed by atoms with Gasteiger partial charge in [-0.1, -0.05) is 6.92 Å². The SMILES string of the molecule is C=P(C)(C)CC[C@H]1OC(n2cnc3c(N)nc(CC)nc32)[C@H](OC)[C@@H]1O. The lowest BCUT2D eigenvalue weighted by Crippen LogP contribution is -2.33. The monoisotopic (exact) mass is 381 g/mol. The Bertz CT molecular complexity index is 833. The Morgan fingerprint density at radius 3 is 2.77 bits per heavy atom. The van der Waals surface area contributed by atoms with Crippen molar-refractivity contribution in [3.63, 3.8) is 0 Å². The third kappa shape index (κ3) is 3.64. The molecule has 2 aromatic heterocycles. The summed E-state index contributed by atoms with van der Waals surface area (Å²) < 4.78 is 13.5. The predicted octanol–water partition coefficient (Wildman–Crippen LogP) is 1.34. The summed E-state index contributed by atoms with van der Waals surface area (Å²) in [7, 11) is 1.57. The van der Waals surface area contributed by atoms with Crippen LogP contribution >= 0.6 is 6.89 Å². The Balaban J connectivity index is 1.94. The van der Waals surface area contributed by atoms with Gasteiger partial charge in [-0.2, -0.15) is 0 Å². The molecule has 1 aliphatic heterocycles. The summed E-state index contributed by atoms with van der Waals surface area (Å²) in [5.41, 5.74) is 7.14. The van der Waals surface area contributed by atoms with Gasteiger partial charge in [0, 0.05) is 13.5 Å². The van der Waals surface area contributed by atoms with Crippen LogP contribution in [0.4, 0.5) is 5.82 Å². The highest BCUT2D eigenvalue weighted by atomic mass is 31.2. The number of anilines is 1. The van der Waals surface area contributed by atoms with Crippen molar-refractivity contribution < 1.29 is 14.6 Å². The van der Waals surface area contributed by atoms with E-state index >= 15 is 0 Å². The summed E-state index contributed by atoms with van der Waals surface area (Å²) in [5, 5.41) is 10.7. The number of imidazole rings is 1. The van der Waals surface area contributed by atoms with E-state index in [2.05, 4.69) is 34.6 Å². The molecule has 2 aromatic rings. The number of nitrogen functional groups attached to an aromatic ring is 1. The van der Waals surface area contributed by atoms with Gasteiger partial charge in [-0.05, 0) is 25.9 Å². The molecule has 0 aliphatic carbocycles. The van der Waals surface area contributed by atoms with Gasteiger partial charge >= 0.3 is 0 Å². The molecule has 3 heterocycles. The zero-order chi connectivity index (χ0) is 19.1. The van der Waals surface area contributed by atoms with Crippen molar-refractivity contribution in [3.05, 3.63) is 12.2 Å². The number of aromatic nitrogens is 4. The van der Waals surface area contributed by atoms with Gasteiger partial charge in [-0.3, -0.25) is 4.57 Å². The van der Waals surface area contributed by atoms with Gasteiger partial charge in [-0.15, -0.1) is 13.2 Å². The quantitative estimate of drug-likeness (QED) is 0.727. The van der Waals surface area contributed by atoms with Crippen LogP contribution in [0.25, 0.3) is 11.2 Å². The van der Waals surface area contributed by atoms with E-state index in [0.29, 0.717) is 29.2 Å². The summed E-state index contributed by atoms with van der Waals surface area (Å²) in [5.74, 6) is 0.989. The standard InChI is InChI=1S/C17H28N5O3P/c1-6-11-20-15(18)12-16(21-11)22(9-19-12)17-14(24-2)13(23)10(25-17)7-8-26(3,4)5/h9-10,13-14,17,23H,3,6-8H2,1-2,4-5H3,(H2,18,20,21)/t10-,13-,14-,17?/m1/s1. The first-order chi connectivity index (χ1) is 12.2. The van der Waals surface area contributed by atoms with Crippen molar-refractivity contribution in [2.24, 2.45) is 0 Å². The number of aliphatic hydroxyl groups excluding tert-OH is 1. The minimum absolute atomic E-state index is 0.312. The van der Waals surface area contributed by atoms with Crippen LogP contribution in [0.5, 0.6) is 0 Å². The fourth-order valence-electron chi connectivity index (χ4n) is 3.24. The molecule has 0 spiro atoms. The Hall–Kier alpha value is -1.47. The minimum atomic E-state index is -1.20. The Labute approximate surface area is 153 Å². The highest BCUT2D eigenvalue weighted by Gasteiger charge is 2.45. The second kappa shape index (κ2) is 7.27. The maximum absolute atomic E-state index is 10.7. The number of ether oxygens (including phenoxy) is 2. The molecule has 0 radical (unpaired) electrons. The van der Waals surface area contributed by atoms with Gasteiger partial charge in [0.2, 0.25) is 0 Å². The fraction of sp³-hybridized carbons (Fsp3) is 0.647. The van der Waals surface area contributed by atoms with Crippen molar-refractivity contribution >= 4 is 30.2 Å². The molecule has 3 N–H and O–H groups in total. The molecule has 9 heteroatoms. The smallest absolute Gasteiger partial charge is 0.167 e. The van der Waals surface area contributed by atoms with Gasteiger partial charge in [0.15, 0.2) is 17.7 Å². The topological polar surface area (TPSA) is 108 Å². The number of nitrogens with zero attached hydrogens (tertiary/aromatic N) is 4. The van der Waals surface area contributed by atoms with Crippen molar-refractivity contribution in [1.29, 1.82) is 0 Å². The zero-order valence-corrected chi connectivity index (χ0v) is 16.7. The van der Waals surface area contributed by atoms with Crippen LogP contribution in [-0.2, 0) is 15.9 Å². The van der Waals surface area contributed by atoms with Gasteiger partial charge in [0.1, 0.15) is 23.5 Å². The molecular weight excluding hydrogens is 353 g/mol. The lowest BCUT2D eigenvalue weighted by atomic mass is 10.1. The number of methoxy groups -OCH3 is 1. The number of aryl methyl sites for hydroxylation is 1. The number of hydrogen-bond donors (Lipinski definition) is 2.